The molecule has 1 N–H and O–H groups in total. The van der Waals surface area contributed by atoms with E-state index in [1.807, 2.05) is 0 Å². The zero-order valence-electron chi connectivity index (χ0n) is 13.2. The SMILES string of the molecule is CC(C)(O)c1ccnc2c1c(Br)nn2-c1ccc(OC(F)(F)F)cc1. The average molecular weight is 416 g/mol. The number of nitrogens with zero attached hydrogens (tertiary/aromatic N) is 3. The summed E-state index contributed by atoms with van der Waals surface area (Å²) in [6.07, 6.45) is -3.20. The van der Waals surface area contributed by atoms with Crippen LogP contribution in [0.1, 0.15) is 19.4 Å². The van der Waals surface area contributed by atoms with Crippen LogP contribution in [0.15, 0.2) is 41.1 Å². The number of hydrogen-bond donors (Lipinski definition) is 1. The van der Waals surface area contributed by atoms with E-state index in [-0.39, 0.29) is 5.75 Å². The van der Waals surface area contributed by atoms with Crippen LogP contribution in [0, 0.1) is 0 Å². The van der Waals surface area contributed by atoms with E-state index in [1.165, 1.54) is 28.9 Å². The van der Waals surface area contributed by atoms with Crippen molar-refractivity contribution in [3.63, 3.8) is 0 Å². The van der Waals surface area contributed by atoms with Gasteiger partial charge < -0.3 is 9.84 Å². The van der Waals surface area contributed by atoms with Crippen molar-refractivity contribution >= 4 is 27.0 Å². The molecular formula is C16H13BrF3N3O2. The molecule has 3 rings (SSSR count). The smallest absolute Gasteiger partial charge is 0.406 e. The van der Waals surface area contributed by atoms with E-state index in [0.29, 0.717) is 26.9 Å². The molecule has 0 spiro atoms. The third-order valence-electron chi connectivity index (χ3n) is 3.50. The lowest BCUT2D eigenvalue weighted by Crippen LogP contribution is -2.17. The molecule has 0 bridgehead atoms. The van der Waals surface area contributed by atoms with Crippen LogP contribution in [0.3, 0.4) is 0 Å². The molecule has 3 aromatic rings. The maximum absolute atomic E-state index is 12.3. The van der Waals surface area contributed by atoms with E-state index < -0.39 is 12.0 Å². The van der Waals surface area contributed by atoms with E-state index in [2.05, 4.69) is 30.7 Å². The minimum Gasteiger partial charge on any atom is -0.406 e. The van der Waals surface area contributed by atoms with Gasteiger partial charge in [-0.2, -0.15) is 5.10 Å². The minimum atomic E-state index is -4.74. The van der Waals surface area contributed by atoms with Gasteiger partial charge in [-0.05, 0) is 65.7 Å². The molecular weight excluding hydrogens is 403 g/mol. The Morgan fingerprint density at radius 1 is 1.12 bits per heavy atom. The number of aliphatic hydroxyl groups is 1. The van der Waals surface area contributed by atoms with Crippen molar-refractivity contribution in [3.05, 3.63) is 46.7 Å². The molecule has 2 heterocycles. The highest BCUT2D eigenvalue weighted by molar-refractivity contribution is 9.10. The summed E-state index contributed by atoms with van der Waals surface area (Å²) in [6.45, 7) is 3.30. The van der Waals surface area contributed by atoms with E-state index in [0.717, 1.165) is 0 Å². The molecule has 0 saturated carbocycles. The van der Waals surface area contributed by atoms with Gasteiger partial charge in [0.1, 0.15) is 10.4 Å². The zero-order valence-corrected chi connectivity index (χ0v) is 14.8. The molecule has 0 radical (unpaired) electrons. The Kier molecular flexibility index (Phi) is 4.24. The van der Waals surface area contributed by atoms with Crippen molar-refractivity contribution in [1.29, 1.82) is 0 Å². The number of ether oxygens (including phenoxy) is 1. The lowest BCUT2D eigenvalue weighted by atomic mass is 9.97. The van der Waals surface area contributed by atoms with Crippen LogP contribution in [0.4, 0.5) is 13.2 Å². The first-order valence-electron chi connectivity index (χ1n) is 7.18. The van der Waals surface area contributed by atoms with Gasteiger partial charge in [0, 0.05) is 6.20 Å². The predicted molar refractivity (Wildman–Crippen MR) is 88.5 cm³/mol. The Labute approximate surface area is 149 Å². The van der Waals surface area contributed by atoms with Gasteiger partial charge in [0.2, 0.25) is 0 Å². The summed E-state index contributed by atoms with van der Waals surface area (Å²) in [5.74, 6) is -0.322. The maximum atomic E-state index is 12.3. The Morgan fingerprint density at radius 3 is 2.32 bits per heavy atom. The van der Waals surface area contributed by atoms with Crippen LogP contribution < -0.4 is 4.74 Å². The predicted octanol–water partition coefficient (Wildman–Crippen LogP) is 4.31. The second kappa shape index (κ2) is 5.99. The van der Waals surface area contributed by atoms with Crippen LogP contribution in [0.2, 0.25) is 0 Å². The van der Waals surface area contributed by atoms with Crippen molar-refractivity contribution in [3.8, 4) is 11.4 Å². The van der Waals surface area contributed by atoms with Crippen LogP contribution in [-0.4, -0.2) is 26.2 Å². The molecule has 2 aromatic heterocycles. The van der Waals surface area contributed by atoms with Crippen molar-refractivity contribution in [1.82, 2.24) is 14.8 Å². The topological polar surface area (TPSA) is 60.2 Å². The average Bonchev–Trinajstić information content (AvgIpc) is 2.83. The summed E-state index contributed by atoms with van der Waals surface area (Å²) in [5, 5.41) is 15.3. The summed E-state index contributed by atoms with van der Waals surface area (Å²) in [4.78, 5) is 4.28. The number of pyridine rings is 1. The number of hydrogen-bond acceptors (Lipinski definition) is 4. The molecule has 0 aliphatic rings. The minimum absolute atomic E-state index is 0.322. The monoisotopic (exact) mass is 415 g/mol. The first kappa shape index (κ1) is 17.7. The number of benzene rings is 1. The second-order valence-corrected chi connectivity index (χ2v) is 6.61. The van der Waals surface area contributed by atoms with Crippen LogP contribution in [0.25, 0.3) is 16.7 Å². The van der Waals surface area contributed by atoms with E-state index in [4.69, 9.17) is 0 Å². The van der Waals surface area contributed by atoms with Gasteiger partial charge in [0.25, 0.3) is 0 Å². The fourth-order valence-corrected chi connectivity index (χ4v) is 3.03. The molecule has 0 aliphatic carbocycles. The van der Waals surface area contributed by atoms with Crippen LogP contribution in [0.5, 0.6) is 5.75 Å². The molecule has 132 valence electrons. The first-order valence-corrected chi connectivity index (χ1v) is 7.98. The standard InChI is InChI=1S/C16H13BrF3N3O2/c1-15(2,24)11-7-8-21-14-12(11)13(17)22-23(14)9-3-5-10(6-4-9)25-16(18,19)20/h3-8,24H,1-2H3. The molecule has 25 heavy (non-hydrogen) atoms. The van der Waals surface area contributed by atoms with Crippen LogP contribution in [-0.2, 0) is 5.60 Å². The summed E-state index contributed by atoms with van der Waals surface area (Å²) in [6, 6.07) is 6.98. The highest BCUT2D eigenvalue weighted by atomic mass is 79.9. The van der Waals surface area contributed by atoms with Crippen molar-refractivity contribution in [2.75, 3.05) is 0 Å². The van der Waals surface area contributed by atoms with Crippen LogP contribution >= 0.6 is 15.9 Å². The van der Waals surface area contributed by atoms with Gasteiger partial charge >= 0.3 is 6.36 Å². The Morgan fingerprint density at radius 2 is 1.76 bits per heavy atom. The second-order valence-electron chi connectivity index (χ2n) is 5.86. The third kappa shape index (κ3) is 3.62. The number of alkyl halides is 3. The maximum Gasteiger partial charge on any atom is 0.573 e. The van der Waals surface area contributed by atoms with Gasteiger partial charge in [-0.1, -0.05) is 0 Å². The summed E-state index contributed by atoms with van der Waals surface area (Å²) < 4.78 is 42.6. The highest BCUT2D eigenvalue weighted by Crippen LogP contribution is 2.33. The van der Waals surface area contributed by atoms with Crippen molar-refractivity contribution in [2.45, 2.75) is 25.8 Å². The molecule has 0 atom stereocenters. The number of halogens is 4. The molecule has 0 fully saturated rings. The van der Waals surface area contributed by atoms with Gasteiger partial charge in [0.15, 0.2) is 5.65 Å². The molecule has 0 amide bonds. The molecule has 9 heteroatoms. The number of rotatable bonds is 3. The third-order valence-corrected chi connectivity index (χ3v) is 4.05. The lowest BCUT2D eigenvalue weighted by Gasteiger charge is -2.18. The Balaban J connectivity index is 2.08. The number of aromatic nitrogens is 3. The Bertz CT molecular complexity index is 915. The van der Waals surface area contributed by atoms with Gasteiger partial charge in [-0.25, -0.2) is 9.67 Å². The number of fused-ring (bicyclic) bond motifs is 1. The van der Waals surface area contributed by atoms with Gasteiger partial charge in [-0.15, -0.1) is 13.2 Å². The van der Waals surface area contributed by atoms with Crippen molar-refractivity contribution < 1.29 is 23.0 Å². The van der Waals surface area contributed by atoms with Gasteiger partial charge in [0.05, 0.1) is 16.7 Å². The summed E-state index contributed by atoms with van der Waals surface area (Å²) in [7, 11) is 0. The summed E-state index contributed by atoms with van der Waals surface area (Å²) >= 11 is 3.36. The van der Waals surface area contributed by atoms with E-state index >= 15 is 0 Å². The lowest BCUT2D eigenvalue weighted by molar-refractivity contribution is -0.274. The molecule has 0 aliphatic heterocycles. The molecule has 5 nitrogen and oxygen atoms in total. The van der Waals surface area contributed by atoms with Crippen molar-refractivity contribution in [2.24, 2.45) is 0 Å². The first-order chi connectivity index (χ1) is 11.6. The largest absolute Gasteiger partial charge is 0.573 e. The Hall–Kier alpha value is -2.13. The highest BCUT2D eigenvalue weighted by Gasteiger charge is 2.31. The van der Waals surface area contributed by atoms with E-state index in [1.54, 1.807) is 26.1 Å². The van der Waals surface area contributed by atoms with Gasteiger partial charge in [-0.3, -0.25) is 0 Å². The molecule has 0 saturated heterocycles. The summed E-state index contributed by atoms with van der Waals surface area (Å²) in [5.41, 5.74) is 0.497. The normalized spacial score (nSPS) is 12.6. The molecule has 0 unspecified atom stereocenters. The quantitative estimate of drug-likeness (QED) is 0.692. The fourth-order valence-electron chi connectivity index (χ4n) is 2.48. The zero-order chi connectivity index (χ0) is 18.4. The fraction of sp³-hybridized carbons (Fsp3) is 0.250. The van der Waals surface area contributed by atoms with E-state index in [9.17, 15) is 18.3 Å². The molecule has 1 aromatic carbocycles.